The van der Waals surface area contributed by atoms with E-state index in [9.17, 15) is 14.4 Å². The monoisotopic (exact) mass is 422 g/mol. The molecule has 1 fully saturated rings. The summed E-state index contributed by atoms with van der Waals surface area (Å²) >= 11 is 0. The van der Waals surface area contributed by atoms with Crippen molar-refractivity contribution in [1.29, 1.82) is 0 Å². The topological polar surface area (TPSA) is 127 Å². The van der Waals surface area contributed by atoms with E-state index in [0.29, 0.717) is 24.4 Å². The quantitative estimate of drug-likeness (QED) is 0.555. The van der Waals surface area contributed by atoms with Crippen LogP contribution in [0, 0.1) is 0 Å². The van der Waals surface area contributed by atoms with Crippen LogP contribution in [0.3, 0.4) is 0 Å². The summed E-state index contributed by atoms with van der Waals surface area (Å²) in [6, 6.07) is 11.7. The average Bonchev–Trinajstić information content (AvgIpc) is 3.42. The van der Waals surface area contributed by atoms with Crippen molar-refractivity contribution in [3.05, 3.63) is 64.9 Å². The molecule has 1 aromatic heterocycles. The molecule has 160 valence electrons. The fourth-order valence-corrected chi connectivity index (χ4v) is 3.55. The van der Waals surface area contributed by atoms with E-state index in [1.165, 1.54) is 0 Å². The van der Waals surface area contributed by atoms with Crippen LogP contribution in [-0.2, 0) is 17.9 Å². The number of hydrogen-bond donors (Lipinski definition) is 3. The van der Waals surface area contributed by atoms with Crippen molar-refractivity contribution < 1.29 is 23.5 Å². The summed E-state index contributed by atoms with van der Waals surface area (Å²) in [4.78, 5) is 35.8. The zero-order valence-electron chi connectivity index (χ0n) is 17.1. The lowest BCUT2D eigenvalue weighted by atomic mass is 10.1. The molecule has 0 radical (unpaired) electrons. The van der Waals surface area contributed by atoms with E-state index in [1.807, 2.05) is 24.3 Å². The summed E-state index contributed by atoms with van der Waals surface area (Å²) in [7, 11) is 3.40. The molecule has 4 amide bonds. The van der Waals surface area contributed by atoms with Crippen LogP contribution < -0.4 is 21.1 Å². The van der Waals surface area contributed by atoms with Crippen LogP contribution >= 0.6 is 0 Å². The summed E-state index contributed by atoms with van der Waals surface area (Å²) in [5, 5.41) is 5.52. The first-order chi connectivity index (χ1) is 14.9. The maximum absolute atomic E-state index is 11.5. The molecule has 5 rings (SSSR count). The Morgan fingerprint density at radius 2 is 1.97 bits per heavy atom. The average molecular weight is 422 g/mol. The zero-order chi connectivity index (χ0) is 22.1. The highest BCUT2D eigenvalue weighted by Gasteiger charge is 2.33. The van der Waals surface area contributed by atoms with E-state index in [-0.39, 0.29) is 5.91 Å². The van der Waals surface area contributed by atoms with Gasteiger partial charge in [0, 0.05) is 31.1 Å². The molecular formula is C22H22N4O5. The Kier molecular flexibility index (Phi) is 5.35. The fraction of sp³-hybridized carbons (Fsp3) is 0.227. The number of carbonyl (C=O) groups excluding carboxylic acids is 3. The zero-order valence-corrected chi connectivity index (χ0v) is 17.1. The molecule has 0 saturated carbocycles. The number of rotatable bonds is 3. The molecule has 0 unspecified atom stereocenters. The second-order valence-corrected chi connectivity index (χ2v) is 7.31. The number of carbonyl (C=O) groups is 3. The SMILES string of the molecule is COc1ccc2c(c1)C(=O)N(C)C2.NCc1ccc2oc([C@@H]3NC(=O)NC3=O)cc2c1. The maximum Gasteiger partial charge on any atom is 0.322 e. The first-order valence-electron chi connectivity index (χ1n) is 9.65. The Bertz CT molecular complexity index is 1190. The van der Waals surface area contributed by atoms with Crippen LogP contribution in [0.15, 0.2) is 46.9 Å². The van der Waals surface area contributed by atoms with Gasteiger partial charge in [0.2, 0.25) is 0 Å². The lowest BCUT2D eigenvalue weighted by Crippen LogP contribution is -2.22. The summed E-state index contributed by atoms with van der Waals surface area (Å²) < 4.78 is 10.6. The van der Waals surface area contributed by atoms with Crippen LogP contribution in [0.1, 0.15) is 33.3 Å². The van der Waals surface area contributed by atoms with Gasteiger partial charge < -0.3 is 25.1 Å². The van der Waals surface area contributed by atoms with Gasteiger partial charge in [-0.3, -0.25) is 14.9 Å². The predicted octanol–water partition coefficient (Wildman–Crippen LogP) is 2.05. The van der Waals surface area contributed by atoms with E-state index >= 15 is 0 Å². The highest BCUT2D eigenvalue weighted by molar-refractivity contribution is 6.04. The van der Waals surface area contributed by atoms with E-state index < -0.39 is 18.0 Å². The van der Waals surface area contributed by atoms with Crippen molar-refractivity contribution in [2.24, 2.45) is 5.73 Å². The van der Waals surface area contributed by atoms with E-state index in [1.54, 1.807) is 37.3 Å². The van der Waals surface area contributed by atoms with Crippen LogP contribution in [0.4, 0.5) is 4.79 Å². The maximum atomic E-state index is 11.5. The first kappa shape index (κ1) is 20.4. The van der Waals surface area contributed by atoms with Crippen LogP contribution in [0.5, 0.6) is 5.75 Å². The number of amides is 4. The van der Waals surface area contributed by atoms with Crippen molar-refractivity contribution in [2.45, 2.75) is 19.1 Å². The van der Waals surface area contributed by atoms with E-state index in [2.05, 4.69) is 10.6 Å². The summed E-state index contributed by atoms with van der Waals surface area (Å²) in [6.45, 7) is 1.15. The second kappa shape index (κ2) is 8.11. The molecule has 3 heterocycles. The Hall–Kier alpha value is -3.85. The Labute approximate surface area is 178 Å². The number of fused-ring (bicyclic) bond motifs is 2. The predicted molar refractivity (Wildman–Crippen MR) is 112 cm³/mol. The van der Waals surface area contributed by atoms with Crippen molar-refractivity contribution in [1.82, 2.24) is 15.5 Å². The van der Waals surface area contributed by atoms with Gasteiger partial charge in [0.05, 0.1) is 7.11 Å². The smallest absolute Gasteiger partial charge is 0.322 e. The van der Waals surface area contributed by atoms with Gasteiger partial charge in [-0.1, -0.05) is 12.1 Å². The standard InChI is InChI=1S/C12H11N3O3.C10H11NO2/c13-5-6-1-2-8-7(3-6)4-9(18-8)10-11(16)15-12(17)14-10;1-11-6-7-3-4-8(13-2)5-9(7)10(11)12/h1-4,10H,5,13H2,(H2,14,15,16,17);3-5H,6H2,1-2H3/t10-;/m0./s1. The molecule has 0 bridgehead atoms. The minimum atomic E-state index is -0.758. The van der Waals surface area contributed by atoms with Crippen molar-refractivity contribution in [2.75, 3.05) is 14.2 Å². The lowest BCUT2D eigenvalue weighted by molar-refractivity contribution is -0.120. The minimum Gasteiger partial charge on any atom is -0.497 e. The van der Waals surface area contributed by atoms with Gasteiger partial charge >= 0.3 is 6.03 Å². The molecule has 2 aliphatic rings. The number of ether oxygens (including phenoxy) is 1. The summed E-state index contributed by atoms with van der Waals surface area (Å²) in [5.74, 6) is 0.830. The van der Waals surface area contributed by atoms with E-state index in [4.69, 9.17) is 14.9 Å². The fourth-order valence-electron chi connectivity index (χ4n) is 3.55. The molecule has 2 aliphatic heterocycles. The van der Waals surface area contributed by atoms with Crippen molar-refractivity contribution in [3.8, 4) is 5.75 Å². The number of nitrogens with two attached hydrogens (primary N) is 1. The van der Waals surface area contributed by atoms with Gasteiger partial charge in [0.15, 0.2) is 6.04 Å². The normalized spacial score (nSPS) is 17.2. The van der Waals surface area contributed by atoms with Gasteiger partial charge in [-0.25, -0.2) is 4.79 Å². The summed E-state index contributed by atoms with van der Waals surface area (Å²) in [6.07, 6.45) is 0. The molecule has 1 atom stereocenters. The van der Waals surface area contributed by atoms with Crippen LogP contribution in [0.2, 0.25) is 0 Å². The van der Waals surface area contributed by atoms with Gasteiger partial charge in [0.1, 0.15) is 17.1 Å². The Morgan fingerprint density at radius 3 is 2.65 bits per heavy atom. The molecule has 9 heteroatoms. The highest BCUT2D eigenvalue weighted by Crippen LogP contribution is 2.27. The number of benzene rings is 2. The first-order valence-corrected chi connectivity index (χ1v) is 9.65. The Balaban J connectivity index is 0.000000158. The second-order valence-electron chi connectivity index (χ2n) is 7.31. The lowest BCUT2D eigenvalue weighted by Gasteiger charge is -2.04. The van der Waals surface area contributed by atoms with Gasteiger partial charge in [-0.15, -0.1) is 0 Å². The molecule has 31 heavy (non-hydrogen) atoms. The largest absolute Gasteiger partial charge is 0.497 e. The molecule has 4 N–H and O–H groups in total. The number of nitrogens with one attached hydrogen (secondary N) is 2. The number of hydrogen-bond acceptors (Lipinski definition) is 6. The number of furan rings is 1. The molecule has 2 aromatic carbocycles. The molecule has 0 aliphatic carbocycles. The molecule has 9 nitrogen and oxygen atoms in total. The highest BCUT2D eigenvalue weighted by atomic mass is 16.5. The third-order valence-electron chi connectivity index (χ3n) is 5.20. The minimum absolute atomic E-state index is 0.0777. The molecular weight excluding hydrogens is 400 g/mol. The Morgan fingerprint density at radius 1 is 1.16 bits per heavy atom. The number of nitrogens with zero attached hydrogens (tertiary/aromatic N) is 1. The van der Waals surface area contributed by atoms with Crippen molar-refractivity contribution >= 4 is 28.8 Å². The number of methoxy groups -OCH3 is 1. The third kappa shape index (κ3) is 3.95. The van der Waals surface area contributed by atoms with E-state index in [0.717, 1.165) is 27.8 Å². The van der Waals surface area contributed by atoms with Crippen LogP contribution in [0.25, 0.3) is 11.0 Å². The van der Waals surface area contributed by atoms with Gasteiger partial charge in [-0.05, 0) is 41.5 Å². The van der Waals surface area contributed by atoms with Crippen LogP contribution in [-0.4, -0.2) is 36.9 Å². The van der Waals surface area contributed by atoms with Gasteiger partial charge in [-0.2, -0.15) is 0 Å². The van der Waals surface area contributed by atoms with Crippen molar-refractivity contribution in [3.63, 3.8) is 0 Å². The molecule has 3 aromatic rings. The number of urea groups is 1. The van der Waals surface area contributed by atoms with Gasteiger partial charge in [0.25, 0.3) is 11.8 Å². The third-order valence-corrected chi connectivity index (χ3v) is 5.20. The summed E-state index contributed by atoms with van der Waals surface area (Å²) in [5.41, 5.74) is 9.05. The molecule has 0 spiro atoms. The number of imide groups is 1. The molecule has 1 saturated heterocycles.